The highest BCUT2D eigenvalue weighted by atomic mass is 15.2. The van der Waals surface area contributed by atoms with Gasteiger partial charge >= 0.3 is 0 Å². The van der Waals surface area contributed by atoms with Crippen LogP contribution in [-0.4, -0.2) is 4.98 Å². The van der Waals surface area contributed by atoms with Gasteiger partial charge in [-0.2, -0.15) is 0 Å². The molecule has 1 unspecified atom stereocenters. The number of nitrogens with zero attached hydrogens (tertiary/aromatic N) is 1. The first kappa shape index (κ1) is 12.5. The Kier molecular flexibility index (Phi) is 4.13. The minimum absolute atomic E-state index is 0.212. The van der Waals surface area contributed by atoms with E-state index in [4.69, 9.17) is 5.84 Å². The third-order valence-electron chi connectivity index (χ3n) is 4.06. The largest absolute Gasteiger partial charge is 0.271 e. The first-order chi connectivity index (χ1) is 8.22. The summed E-state index contributed by atoms with van der Waals surface area (Å²) in [4.78, 5) is 4.50. The van der Waals surface area contributed by atoms with Crippen molar-refractivity contribution in [2.75, 3.05) is 0 Å². The van der Waals surface area contributed by atoms with Gasteiger partial charge in [-0.3, -0.25) is 16.3 Å². The van der Waals surface area contributed by atoms with Gasteiger partial charge in [0.05, 0.1) is 11.7 Å². The summed E-state index contributed by atoms with van der Waals surface area (Å²) in [5.74, 6) is 7.25. The minimum Gasteiger partial charge on any atom is -0.271 e. The van der Waals surface area contributed by atoms with Gasteiger partial charge in [-0.25, -0.2) is 0 Å². The van der Waals surface area contributed by atoms with Gasteiger partial charge in [0.1, 0.15) is 0 Å². The second-order valence-corrected chi connectivity index (χ2v) is 5.37. The molecule has 94 valence electrons. The van der Waals surface area contributed by atoms with Crippen molar-refractivity contribution in [2.45, 2.75) is 45.6 Å². The third-order valence-corrected chi connectivity index (χ3v) is 4.06. The molecule has 1 aromatic heterocycles. The summed E-state index contributed by atoms with van der Waals surface area (Å²) in [5, 5.41) is 0. The van der Waals surface area contributed by atoms with Crippen LogP contribution in [0.2, 0.25) is 0 Å². The van der Waals surface area contributed by atoms with Gasteiger partial charge in [0.2, 0.25) is 0 Å². The standard InChI is InChI=1S/C14H23N3/c1-10-5-7-12(8-6-10)14(17-15)13-11(2)4-3-9-16-13/h3-4,9-10,12,14,17H,5-8,15H2,1-2H3. The molecule has 3 heteroatoms. The average Bonchev–Trinajstić information content (AvgIpc) is 2.35. The molecule has 1 heterocycles. The fourth-order valence-electron chi connectivity index (χ4n) is 2.88. The molecule has 1 aromatic rings. The Morgan fingerprint density at radius 3 is 2.65 bits per heavy atom. The minimum atomic E-state index is 0.212. The summed E-state index contributed by atoms with van der Waals surface area (Å²) in [6.45, 7) is 4.45. The maximum atomic E-state index is 5.75. The summed E-state index contributed by atoms with van der Waals surface area (Å²) in [7, 11) is 0. The Hall–Kier alpha value is -0.930. The first-order valence-corrected chi connectivity index (χ1v) is 6.60. The number of hydrazine groups is 1. The summed E-state index contributed by atoms with van der Waals surface area (Å²) in [6, 6.07) is 4.30. The molecule has 1 aliphatic carbocycles. The normalized spacial score (nSPS) is 26.8. The van der Waals surface area contributed by atoms with E-state index in [9.17, 15) is 0 Å². The fourth-order valence-corrected chi connectivity index (χ4v) is 2.88. The van der Waals surface area contributed by atoms with Crippen LogP contribution in [0.4, 0.5) is 0 Å². The average molecular weight is 233 g/mol. The zero-order valence-corrected chi connectivity index (χ0v) is 10.8. The number of nitrogens with one attached hydrogen (secondary N) is 1. The van der Waals surface area contributed by atoms with Crippen molar-refractivity contribution in [1.29, 1.82) is 0 Å². The highest BCUT2D eigenvalue weighted by Crippen LogP contribution is 2.36. The fraction of sp³-hybridized carbons (Fsp3) is 0.643. The second kappa shape index (κ2) is 5.61. The zero-order chi connectivity index (χ0) is 12.3. The predicted octanol–water partition coefficient (Wildman–Crippen LogP) is 2.72. The molecule has 0 radical (unpaired) electrons. The Bertz CT molecular complexity index is 356. The van der Waals surface area contributed by atoms with Gasteiger partial charge < -0.3 is 0 Å². The monoisotopic (exact) mass is 233 g/mol. The lowest BCUT2D eigenvalue weighted by molar-refractivity contribution is 0.229. The number of nitrogens with two attached hydrogens (primary N) is 1. The van der Waals surface area contributed by atoms with E-state index >= 15 is 0 Å². The van der Waals surface area contributed by atoms with Crippen LogP contribution in [0.25, 0.3) is 0 Å². The Morgan fingerprint density at radius 1 is 1.35 bits per heavy atom. The van der Waals surface area contributed by atoms with Gasteiger partial charge in [0, 0.05) is 6.20 Å². The SMILES string of the molecule is Cc1cccnc1C(NN)C1CCC(C)CC1. The number of hydrogen-bond donors (Lipinski definition) is 2. The Balaban J connectivity index is 2.14. The highest BCUT2D eigenvalue weighted by molar-refractivity contribution is 5.21. The number of pyridine rings is 1. The van der Waals surface area contributed by atoms with Crippen LogP contribution in [0.5, 0.6) is 0 Å². The quantitative estimate of drug-likeness (QED) is 0.623. The summed E-state index contributed by atoms with van der Waals surface area (Å²) < 4.78 is 0. The molecule has 1 atom stereocenters. The topological polar surface area (TPSA) is 50.9 Å². The molecule has 0 amide bonds. The zero-order valence-electron chi connectivity index (χ0n) is 10.8. The van der Waals surface area contributed by atoms with Crippen molar-refractivity contribution in [3.8, 4) is 0 Å². The van der Waals surface area contributed by atoms with Crippen LogP contribution in [0.15, 0.2) is 18.3 Å². The van der Waals surface area contributed by atoms with E-state index in [1.165, 1.54) is 31.2 Å². The molecule has 0 saturated heterocycles. The van der Waals surface area contributed by atoms with Crippen LogP contribution < -0.4 is 11.3 Å². The molecule has 1 aliphatic rings. The molecule has 3 N–H and O–H groups in total. The third kappa shape index (κ3) is 2.85. The Labute approximate surface area is 104 Å². The van der Waals surface area contributed by atoms with E-state index in [1.54, 1.807) is 0 Å². The molecule has 1 fully saturated rings. The number of hydrogen-bond acceptors (Lipinski definition) is 3. The molecular weight excluding hydrogens is 210 g/mol. The molecule has 0 aromatic carbocycles. The lowest BCUT2D eigenvalue weighted by atomic mass is 9.78. The maximum absolute atomic E-state index is 5.75. The summed E-state index contributed by atoms with van der Waals surface area (Å²) in [5.41, 5.74) is 5.33. The number of rotatable bonds is 3. The van der Waals surface area contributed by atoms with Gasteiger partial charge in [0.25, 0.3) is 0 Å². The van der Waals surface area contributed by atoms with Crippen LogP contribution in [-0.2, 0) is 0 Å². The van der Waals surface area contributed by atoms with Crippen LogP contribution in [0, 0.1) is 18.8 Å². The molecule has 0 aliphatic heterocycles. The lowest BCUT2D eigenvalue weighted by Crippen LogP contribution is -2.36. The van der Waals surface area contributed by atoms with Crippen LogP contribution in [0.3, 0.4) is 0 Å². The molecular formula is C14H23N3. The van der Waals surface area contributed by atoms with Crippen molar-refractivity contribution in [3.63, 3.8) is 0 Å². The smallest absolute Gasteiger partial charge is 0.0662 e. The van der Waals surface area contributed by atoms with E-state index in [1.807, 2.05) is 12.3 Å². The molecule has 3 nitrogen and oxygen atoms in total. The summed E-state index contributed by atoms with van der Waals surface area (Å²) in [6.07, 6.45) is 7.00. The predicted molar refractivity (Wildman–Crippen MR) is 70.2 cm³/mol. The lowest BCUT2D eigenvalue weighted by Gasteiger charge is -2.32. The van der Waals surface area contributed by atoms with E-state index in [2.05, 4.69) is 30.3 Å². The van der Waals surface area contributed by atoms with Crippen molar-refractivity contribution in [1.82, 2.24) is 10.4 Å². The van der Waals surface area contributed by atoms with Gasteiger partial charge in [-0.15, -0.1) is 0 Å². The van der Waals surface area contributed by atoms with Crippen molar-refractivity contribution in [3.05, 3.63) is 29.6 Å². The molecule has 0 bridgehead atoms. The van der Waals surface area contributed by atoms with Gasteiger partial charge in [-0.1, -0.05) is 25.8 Å². The van der Waals surface area contributed by atoms with Gasteiger partial charge in [0.15, 0.2) is 0 Å². The second-order valence-electron chi connectivity index (χ2n) is 5.37. The van der Waals surface area contributed by atoms with Crippen LogP contribution >= 0.6 is 0 Å². The van der Waals surface area contributed by atoms with E-state index in [0.717, 1.165) is 11.6 Å². The number of aryl methyl sites for hydroxylation is 1. The Morgan fingerprint density at radius 2 is 2.06 bits per heavy atom. The van der Waals surface area contributed by atoms with E-state index in [-0.39, 0.29) is 6.04 Å². The van der Waals surface area contributed by atoms with E-state index < -0.39 is 0 Å². The maximum Gasteiger partial charge on any atom is 0.0662 e. The summed E-state index contributed by atoms with van der Waals surface area (Å²) >= 11 is 0. The van der Waals surface area contributed by atoms with E-state index in [0.29, 0.717) is 5.92 Å². The van der Waals surface area contributed by atoms with Crippen LogP contribution in [0.1, 0.15) is 49.9 Å². The molecule has 0 spiro atoms. The molecule has 1 saturated carbocycles. The van der Waals surface area contributed by atoms with Crippen molar-refractivity contribution >= 4 is 0 Å². The number of aromatic nitrogens is 1. The first-order valence-electron chi connectivity index (χ1n) is 6.60. The van der Waals surface area contributed by atoms with Crippen molar-refractivity contribution in [2.24, 2.45) is 17.7 Å². The molecule has 2 rings (SSSR count). The van der Waals surface area contributed by atoms with Gasteiger partial charge in [-0.05, 0) is 43.2 Å². The highest BCUT2D eigenvalue weighted by Gasteiger charge is 2.28. The van der Waals surface area contributed by atoms with Crippen molar-refractivity contribution < 1.29 is 0 Å². The molecule has 17 heavy (non-hydrogen) atoms.